The van der Waals surface area contributed by atoms with Crippen molar-refractivity contribution in [2.24, 2.45) is 4.99 Å². The summed E-state index contributed by atoms with van der Waals surface area (Å²) in [5.41, 5.74) is 1.38. The molecule has 0 spiro atoms. The SMILES string of the molecule is CCN(CC)C(CN=C(N(C)C)N(C)C)Cc1ccccc1. The fourth-order valence-electron chi connectivity index (χ4n) is 2.81. The van der Waals surface area contributed by atoms with E-state index in [0.717, 1.165) is 32.0 Å². The molecule has 0 fully saturated rings. The van der Waals surface area contributed by atoms with Gasteiger partial charge in [-0.1, -0.05) is 44.2 Å². The van der Waals surface area contributed by atoms with Gasteiger partial charge in [0.15, 0.2) is 5.96 Å². The van der Waals surface area contributed by atoms with Gasteiger partial charge >= 0.3 is 0 Å². The second kappa shape index (κ2) is 9.46. The summed E-state index contributed by atoms with van der Waals surface area (Å²) in [6.45, 7) is 7.39. The molecule has 0 aromatic heterocycles. The Balaban J connectivity index is 2.88. The molecule has 0 saturated heterocycles. The Bertz CT molecular complexity index is 426. The highest BCUT2D eigenvalue weighted by atomic mass is 15.3. The molecule has 0 heterocycles. The van der Waals surface area contributed by atoms with E-state index in [1.165, 1.54) is 5.56 Å². The van der Waals surface area contributed by atoms with Crippen LogP contribution >= 0.6 is 0 Å². The van der Waals surface area contributed by atoms with Crippen molar-refractivity contribution in [1.82, 2.24) is 14.7 Å². The van der Waals surface area contributed by atoms with Crippen molar-refractivity contribution in [2.45, 2.75) is 26.3 Å². The van der Waals surface area contributed by atoms with Gasteiger partial charge in [-0.3, -0.25) is 9.89 Å². The number of aliphatic imine (C=N–C) groups is 1. The number of rotatable bonds is 7. The van der Waals surface area contributed by atoms with Crippen LogP contribution in [-0.2, 0) is 6.42 Å². The van der Waals surface area contributed by atoms with E-state index in [9.17, 15) is 0 Å². The molecule has 0 amide bonds. The molecule has 0 aliphatic carbocycles. The Labute approximate surface area is 136 Å². The van der Waals surface area contributed by atoms with Gasteiger partial charge in [-0.15, -0.1) is 0 Å². The summed E-state index contributed by atoms with van der Waals surface area (Å²) in [5, 5.41) is 0. The molecule has 4 heteroatoms. The minimum atomic E-state index is 0.437. The third-order valence-electron chi connectivity index (χ3n) is 3.89. The number of hydrogen-bond acceptors (Lipinski definition) is 2. The third kappa shape index (κ3) is 5.68. The van der Waals surface area contributed by atoms with Gasteiger partial charge in [0.05, 0.1) is 6.54 Å². The summed E-state index contributed by atoms with van der Waals surface area (Å²) >= 11 is 0. The number of likely N-dealkylation sites (N-methyl/N-ethyl adjacent to an activating group) is 1. The summed E-state index contributed by atoms with van der Waals surface area (Å²) in [6, 6.07) is 11.2. The third-order valence-corrected chi connectivity index (χ3v) is 3.89. The van der Waals surface area contributed by atoms with E-state index in [4.69, 9.17) is 4.99 Å². The molecule has 0 N–H and O–H groups in total. The molecular weight excluding hydrogens is 272 g/mol. The highest BCUT2D eigenvalue weighted by Crippen LogP contribution is 2.10. The zero-order chi connectivity index (χ0) is 16.5. The average Bonchev–Trinajstić information content (AvgIpc) is 2.48. The molecule has 4 nitrogen and oxygen atoms in total. The van der Waals surface area contributed by atoms with E-state index in [-0.39, 0.29) is 0 Å². The first-order valence-electron chi connectivity index (χ1n) is 8.16. The lowest BCUT2D eigenvalue weighted by atomic mass is 10.0. The molecule has 124 valence electrons. The van der Waals surface area contributed by atoms with Crippen LogP contribution in [0.1, 0.15) is 19.4 Å². The van der Waals surface area contributed by atoms with Crippen LogP contribution in [0.25, 0.3) is 0 Å². The Morgan fingerprint density at radius 3 is 1.95 bits per heavy atom. The highest BCUT2D eigenvalue weighted by molar-refractivity contribution is 5.79. The van der Waals surface area contributed by atoms with Gasteiger partial charge in [0.25, 0.3) is 0 Å². The fraction of sp³-hybridized carbons (Fsp3) is 0.611. The zero-order valence-electron chi connectivity index (χ0n) is 15.1. The largest absolute Gasteiger partial charge is 0.349 e. The van der Waals surface area contributed by atoms with Gasteiger partial charge in [-0.25, -0.2) is 0 Å². The normalized spacial score (nSPS) is 12.1. The lowest BCUT2D eigenvalue weighted by molar-refractivity contribution is 0.219. The molecule has 0 aliphatic rings. The quantitative estimate of drug-likeness (QED) is 0.570. The Morgan fingerprint density at radius 2 is 1.50 bits per heavy atom. The minimum Gasteiger partial charge on any atom is -0.349 e. The molecule has 0 radical (unpaired) electrons. The van der Waals surface area contributed by atoms with Crippen LogP contribution in [0.15, 0.2) is 35.3 Å². The number of hydrogen-bond donors (Lipinski definition) is 0. The van der Waals surface area contributed by atoms with E-state index >= 15 is 0 Å². The Morgan fingerprint density at radius 1 is 0.955 bits per heavy atom. The van der Waals surface area contributed by atoms with Crippen molar-refractivity contribution in [3.8, 4) is 0 Å². The maximum Gasteiger partial charge on any atom is 0.195 e. The predicted octanol–water partition coefficient (Wildman–Crippen LogP) is 2.42. The first-order chi connectivity index (χ1) is 10.5. The van der Waals surface area contributed by atoms with Crippen molar-refractivity contribution in [2.75, 3.05) is 47.8 Å². The maximum absolute atomic E-state index is 4.86. The van der Waals surface area contributed by atoms with Crippen LogP contribution in [0.2, 0.25) is 0 Å². The molecule has 1 aromatic rings. The number of benzene rings is 1. The van der Waals surface area contributed by atoms with Crippen LogP contribution in [0.4, 0.5) is 0 Å². The monoisotopic (exact) mass is 304 g/mol. The molecule has 1 aromatic carbocycles. The van der Waals surface area contributed by atoms with Crippen molar-refractivity contribution >= 4 is 5.96 Å². The Hall–Kier alpha value is -1.55. The average molecular weight is 304 g/mol. The van der Waals surface area contributed by atoms with Gasteiger partial charge in [-0.05, 0) is 25.1 Å². The van der Waals surface area contributed by atoms with E-state index < -0.39 is 0 Å². The van der Waals surface area contributed by atoms with Crippen LogP contribution in [0.3, 0.4) is 0 Å². The van der Waals surface area contributed by atoms with Crippen molar-refractivity contribution in [1.29, 1.82) is 0 Å². The van der Waals surface area contributed by atoms with Crippen LogP contribution < -0.4 is 0 Å². The van der Waals surface area contributed by atoms with Gasteiger partial charge in [0, 0.05) is 34.2 Å². The van der Waals surface area contributed by atoms with Crippen LogP contribution in [-0.4, -0.2) is 74.5 Å². The molecule has 0 bridgehead atoms. The molecule has 0 saturated carbocycles. The van der Waals surface area contributed by atoms with Gasteiger partial charge in [0.2, 0.25) is 0 Å². The lowest BCUT2D eigenvalue weighted by Crippen LogP contribution is -2.41. The summed E-state index contributed by atoms with van der Waals surface area (Å²) in [6.07, 6.45) is 1.04. The zero-order valence-corrected chi connectivity index (χ0v) is 15.1. The van der Waals surface area contributed by atoms with Gasteiger partial charge in [0.1, 0.15) is 0 Å². The second-order valence-corrected chi connectivity index (χ2v) is 5.99. The fourth-order valence-corrected chi connectivity index (χ4v) is 2.81. The van der Waals surface area contributed by atoms with E-state index in [1.54, 1.807) is 0 Å². The first kappa shape index (κ1) is 18.5. The van der Waals surface area contributed by atoms with Crippen molar-refractivity contribution in [3.63, 3.8) is 0 Å². The predicted molar refractivity (Wildman–Crippen MR) is 96.5 cm³/mol. The molecule has 22 heavy (non-hydrogen) atoms. The molecular formula is C18H32N4. The van der Waals surface area contributed by atoms with Crippen LogP contribution in [0.5, 0.6) is 0 Å². The number of nitrogens with zero attached hydrogens (tertiary/aromatic N) is 4. The maximum atomic E-state index is 4.86. The summed E-state index contributed by atoms with van der Waals surface area (Å²) < 4.78 is 0. The van der Waals surface area contributed by atoms with Gasteiger partial charge < -0.3 is 9.80 Å². The molecule has 0 aliphatic heterocycles. The standard InChI is InChI=1S/C18H32N4/c1-7-22(8-2)17(14-16-12-10-9-11-13-16)15-19-18(20(3)4)21(5)6/h9-13,17H,7-8,14-15H2,1-6H3. The summed E-state index contributed by atoms with van der Waals surface area (Å²) in [5.74, 6) is 1.02. The lowest BCUT2D eigenvalue weighted by Gasteiger charge is -2.30. The van der Waals surface area contributed by atoms with E-state index in [0.29, 0.717) is 6.04 Å². The van der Waals surface area contributed by atoms with Crippen molar-refractivity contribution < 1.29 is 0 Å². The van der Waals surface area contributed by atoms with Crippen LogP contribution in [0, 0.1) is 0 Å². The minimum absolute atomic E-state index is 0.437. The molecule has 1 unspecified atom stereocenters. The molecule has 1 rings (SSSR count). The Kier molecular flexibility index (Phi) is 7.96. The van der Waals surface area contributed by atoms with E-state index in [2.05, 4.69) is 58.9 Å². The summed E-state index contributed by atoms with van der Waals surface area (Å²) in [7, 11) is 8.18. The van der Waals surface area contributed by atoms with Gasteiger partial charge in [-0.2, -0.15) is 0 Å². The number of guanidine groups is 1. The van der Waals surface area contributed by atoms with Crippen molar-refractivity contribution in [3.05, 3.63) is 35.9 Å². The van der Waals surface area contributed by atoms with E-state index in [1.807, 2.05) is 28.2 Å². The smallest absolute Gasteiger partial charge is 0.195 e. The first-order valence-corrected chi connectivity index (χ1v) is 8.16. The molecule has 1 atom stereocenters. The highest BCUT2D eigenvalue weighted by Gasteiger charge is 2.17. The second-order valence-electron chi connectivity index (χ2n) is 5.99. The summed E-state index contributed by atoms with van der Waals surface area (Å²) in [4.78, 5) is 11.5. The topological polar surface area (TPSA) is 22.1 Å².